The number of aliphatic carboxylic acids is 1. The van der Waals surface area contributed by atoms with Gasteiger partial charge in [-0.25, -0.2) is 0 Å². The van der Waals surface area contributed by atoms with Gasteiger partial charge in [0, 0.05) is 25.6 Å². The minimum atomic E-state index is -1.30. The van der Waals surface area contributed by atoms with Crippen LogP contribution in [0.4, 0.5) is 5.69 Å². The average Bonchev–Trinajstić information content (AvgIpc) is 2.55. The third-order valence-electron chi connectivity index (χ3n) is 3.40. The van der Waals surface area contributed by atoms with Gasteiger partial charge in [0.15, 0.2) is 0 Å². The van der Waals surface area contributed by atoms with Gasteiger partial charge in [-0.15, -0.1) is 0 Å². The number of rotatable bonds is 7. The van der Waals surface area contributed by atoms with Crippen LogP contribution >= 0.6 is 0 Å². The van der Waals surface area contributed by atoms with Gasteiger partial charge in [0.2, 0.25) is 0 Å². The molecule has 0 aliphatic rings. The van der Waals surface area contributed by atoms with Crippen LogP contribution in [0.3, 0.4) is 0 Å². The molecular weight excluding hydrogens is 352 g/mol. The van der Waals surface area contributed by atoms with E-state index < -0.39 is 40.6 Å². The normalized spacial score (nSPS) is 11.9. The van der Waals surface area contributed by atoms with Crippen LogP contribution in [0.1, 0.15) is 12.5 Å². The van der Waals surface area contributed by atoms with E-state index in [0.717, 1.165) is 19.1 Å². The first kappa shape index (κ1) is 18.8. The molecule has 1 aromatic heterocycles. The first-order chi connectivity index (χ1) is 12.2. The lowest BCUT2D eigenvalue weighted by atomic mass is 10.1. The Morgan fingerprint density at radius 2 is 1.96 bits per heavy atom. The zero-order valence-electron chi connectivity index (χ0n) is 13.4. The van der Waals surface area contributed by atoms with E-state index in [9.17, 15) is 29.3 Å². The predicted molar refractivity (Wildman–Crippen MR) is 86.7 cm³/mol. The fraction of sp³-hybridized carbons (Fsp3) is 0.286. The number of nitro groups is 1. The van der Waals surface area contributed by atoms with E-state index >= 15 is 0 Å². The van der Waals surface area contributed by atoms with Gasteiger partial charge in [0.25, 0.3) is 5.69 Å². The molecule has 0 spiro atoms. The summed E-state index contributed by atoms with van der Waals surface area (Å²) in [6.07, 6.45) is 0. The maximum absolute atomic E-state index is 11.5. The van der Waals surface area contributed by atoms with Crippen LogP contribution in [-0.2, 0) is 20.9 Å². The van der Waals surface area contributed by atoms with E-state index in [2.05, 4.69) is 20.0 Å². The number of carboxylic acids is 1. The molecular formula is C14H14N4O8. The maximum Gasteiger partial charge on any atom is 0.324 e. The molecule has 26 heavy (non-hydrogen) atoms. The van der Waals surface area contributed by atoms with Crippen LogP contribution in [-0.4, -0.2) is 44.6 Å². The number of benzene rings is 1. The van der Waals surface area contributed by atoms with Crippen molar-refractivity contribution in [2.75, 3.05) is 6.61 Å². The molecule has 138 valence electrons. The summed E-state index contributed by atoms with van der Waals surface area (Å²) in [5.74, 6) is -1.97. The quantitative estimate of drug-likeness (QED) is 0.211. The highest BCUT2D eigenvalue weighted by molar-refractivity contribution is 5.80. The van der Waals surface area contributed by atoms with Crippen molar-refractivity contribution in [3.63, 3.8) is 0 Å². The summed E-state index contributed by atoms with van der Waals surface area (Å²) in [5, 5.41) is 22.7. The number of esters is 1. The molecule has 0 amide bonds. The lowest BCUT2D eigenvalue weighted by molar-refractivity contribution is -0.384. The molecule has 0 aliphatic carbocycles. The average molecular weight is 366 g/mol. The predicted octanol–water partition coefficient (Wildman–Crippen LogP) is -0.769. The maximum atomic E-state index is 11.5. The molecule has 1 heterocycles. The largest absolute Gasteiger partial charge is 0.480 e. The van der Waals surface area contributed by atoms with Crippen molar-refractivity contribution in [3.05, 3.63) is 48.5 Å². The smallest absolute Gasteiger partial charge is 0.324 e. The molecule has 1 atom stereocenters. The highest BCUT2D eigenvalue weighted by atomic mass is 16.6. The monoisotopic (exact) mass is 366 g/mol. The van der Waals surface area contributed by atoms with E-state index in [1.165, 1.54) is 0 Å². The number of aromatic amines is 2. The van der Waals surface area contributed by atoms with Crippen molar-refractivity contribution >= 4 is 28.7 Å². The summed E-state index contributed by atoms with van der Waals surface area (Å²) < 4.78 is 4.64. The Balaban J connectivity index is 2.40. The summed E-state index contributed by atoms with van der Waals surface area (Å²) in [6.45, 7) is 0.456. The minimum Gasteiger partial charge on any atom is -0.480 e. The first-order valence-electron chi connectivity index (χ1n) is 7.22. The van der Waals surface area contributed by atoms with E-state index in [0.29, 0.717) is 0 Å². The standard InChI is InChI=1S/C14H14N4O8/c1-6(19)26-5-10(14(22)23)15-4-7-2-8(18(24)25)3-9-11(7)17-13(21)12(20)16-9/h2-3,10,15H,4-5H2,1H3,(H,16,20)(H,17,21)(H,22,23)/t10-/m0/s1. The van der Waals surface area contributed by atoms with Crippen LogP contribution in [0, 0.1) is 10.1 Å². The van der Waals surface area contributed by atoms with Gasteiger partial charge in [-0.05, 0) is 5.56 Å². The molecule has 0 saturated heterocycles. The molecule has 4 N–H and O–H groups in total. The van der Waals surface area contributed by atoms with E-state index in [4.69, 9.17) is 5.11 Å². The fourth-order valence-electron chi connectivity index (χ4n) is 2.18. The molecule has 0 fully saturated rings. The van der Waals surface area contributed by atoms with Crippen molar-refractivity contribution < 1.29 is 24.4 Å². The second kappa shape index (κ2) is 7.57. The first-order valence-corrected chi connectivity index (χ1v) is 7.22. The lowest BCUT2D eigenvalue weighted by Gasteiger charge is -2.15. The van der Waals surface area contributed by atoms with E-state index in [-0.39, 0.29) is 28.8 Å². The number of non-ortho nitro benzene ring substituents is 1. The molecule has 0 bridgehead atoms. The lowest BCUT2D eigenvalue weighted by Crippen LogP contribution is -2.40. The molecule has 2 aromatic rings. The number of nitrogens with zero attached hydrogens (tertiary/aromatic N) is 1. The molecule has 0 aliphatic heterocycles. The Labute approximate surface area is 143 Å². The fourth-order valence-corrected chi connectivity index (χ4v) is 2.18. The topological polar surface area (TPSA) is 184 Å². The number of ether oxygens (including phenoxy) is 1. The molecule has 0 unspecified atom stereocenters. The van der Waals surface area contributed by atoms with Crippen LogP contribution in [0.15, 0.2) is 21.7 Å². The highest BCUT2D eigenvalue weighted by Gasteiger charge is 2.20. The summed E-state index contributed by atoms with van der Waals surface area (Å²) >= 11 is 0. The summed E-state index contributed by atoms with van der Waals surface area (Å²) in [6, 6.07) is 0.931. The SMILES string of the molecule is CC(=O)OC[C@H](NCc1cc([N+](=O)[O-])cc2[nH]c(=O)c(=O)[nH]c12)C(=O)O. The van der Waals surface area contributed by atoms with Gasteiger partial charge in [0.1, 0.15) is 12.6 Å². The number of carbonyl (C=O) groups excluding carboxylic acids is 1. The van der Waals surface area contributed by atoms with Crippen molar-refractivity contribution in [1.29, 1.82) is 0 Å². The third kappa shape index (κ3) is 4.30. The Hall–Kier alpha value is -3.54. The molecule has 1 aromatic carbocycles. The van der Waals surface area contributed by atoms with Crippen LogP contribution in [0.25, 0.3) is 11.0 Å². The molecule has 12 nitrogen and oxygen atoms in total. The van der Waals surface area contributed by atoms with Gasteiger partial charge >= 0.3 is 23.1 Å². The number of fused-ring (bicyclic) bond motifs is 1. The van der Waals surface area contributed by atoms with Crippen molar-refractivity contribution in [1.82, 2.24) is 15.3 Å². The van der Waals surface area contributed by atoms with E-state index in [1.54, 1.807) is 0 Å². The van der Waals surface area contributed by atoms with Crippen LogP contribution in [0.2, 0.25) is 0 Å². The Morgan fingerprint density at radius 1 is 1.31 bits per heavy atom. The van der Waals surface area contributed by atoms with Crippen LogP contribution < -0.4 is 16.4 Å². The summed E-state index contributed by atoms with van der Waals surface area (Å²) in [4.78, 5) is 59.8. The number of nitro benzene ring substituents is 1. The number of carboxylic acid groups (broad SMARTS) is 1. The molecule has 2 rings (SSSR count). The summed E-state index contributed by atoms with van der Waals surface area (Å²) in [7, 11) is 0. The molecule has 12 heteroatoms. The van der Waals surface area contributed by atoms with Gasteiger partial charge in [-0.3, -0.25) is 34.6 Å². The zero-order chi connectivity index (χ0) is 19.4. The van der Waals surface area contributed by atoms with Gasteiger partial charge in [-0.2, -0.15) is 0 Å². The second-order valence-corrected chi connectivity index (χ2v) is 5.27. The van der Waals surface area contributed by atoms with Crippen molar-refractivity contribution in [3.8, 4) is 0 Å². The number of hydrogen-bond acceptors (Lipinski definition) is 8. The minimum absolute atomic E-state index is 0.0208. The Bertz CT molecular complexity index is 993. The van der Waals surface area contributed by atoms with Gasteiger partial charge < -0.3 is 19.8 Å². The number of carbonyl (C=O) groups is 2. The third-order valence-corrected chi connectivity index (χ3v) is 3.40. The Kier molecular flexibility index (Phi) is 5.47. The Morgan fingerprint density at radius 3 is 2.54 bits per heavy atom. The van der Waals surface area contributed by atoms with Crippen molar-refractivity contribution in [2.24, 2.45) is 0 Å². The second-order valence-electron chi connectivity index (χ2n) is 5.27. The molecule has 0 saturated carbocycles. The number of nitrogens with one attached hydrogen (secondary N) is 3. The van der Waals surface area contributed by atoms with Crippen molar-refractivity contribution in [2.45, 2.75) is 19.5 Å². The van der Waals surface area contributed by atoms with Gasteiger partial charge in [-0.1, -0.05) is 0 Å². The van der Waals surface area contributed by atoms with E-state index in [1.807, 2.05) is 0 Å². The number of hydrogen-bond donors (Lipinski definition) is 4. The number of H-pyrrole nitrogens is 2. The molecule has 0 radical (unpaired) electrons. The zero-order valence-corrected chi connectivity index (χ0v) is 13.4. The van der Waals surface area contributed by atoms with Gasteiger partial charge in [0.05, 0.1) is 16.0 Å². The number of aromatic nitrogens is 2. The van der Waals surface area contributed by atoms with Crippen LogP contribution in [0.5, 0.6) is 0 Å². The summed E-state index contributed by atoms with van der Waals surface area (Å²) in [5.41, 5.74) is -1.98. The highest BCUT2D eigenvalue weighted by Crippen LogP contribution is 2.21.